The van der Waals surface area contributed by atoms with Crippen LogP contribution in [0.15, 0.2) is 47.4 Å². The third-order valence-corrected chi connectivity index (χ3v) is 6.32. The summed E-state index contributed by atoms with van der Waals surface area (Å²) in [7, 11) is -4.36. The molecule has 0 spiro atoms. The Morgan fingerprint density at radius 1 is 1.16 bits per heavy atom. The number of ether oxygens (including phenoxy) is 1. The van der Waals surface area contributed by atoms with Gasteiger partial charge in [0.1, 0.15) is 10.5 Å². The Kier molecular flexibility index (Phi) is 6.20. The number of para-hydroxylation sites is 1. The fourth-order valence-corrected chi connectivity index (χ4v) is 4.62. The maximum absolute atomic E-state index is 12.9. The molecule has 1 unspecified atom stereocenters. The lowest BCUT2D eigenvalue weighted by molar-refractivity contribution is 0.0570. The van der Waals surface area contributed by atoms with E-state index in [-0.39, 0.29) is 16.6 Å². The number of halogens is 1. The van der Waals surface area contributed by atoms with Gasteiger partial charge in [-0.05, 0) is 63.9 Å². The molecule has 0 radical (unpaired) electrons. The van der Waals surface area contributed by atoms with Gasteiger partial charge in [-0.25, -0.2) is 17.9 Å². The topological polar surface area (TPSA) is 105 Å². The van der Waals surface area contributed by atoms with Crippen LogP contribution in [0.3, 0.4) is 0 Å². The van der Waals surface area contributed by atoms with Gasteiger partial charge >= 0.3 is 6.09 Å². The molecular formula is C21H24ClN3O5S. The Bertz CT molecular complexity index is 1130. The number of anilines is 1. The summed E-state index contributed by atoms with van der Waals surface area (Å²) >= 11 is 6.05. The number of hydrogen-bond acceptors (Lipinski definition) is 6. The molecule has 1 aliphatic rings. The monoisotopic (exact) mass is 465 g/mol. The van der Waals surface area contributed by atoms with Crippen LogP contribution < -0.4 is 15.2 Å². The van der Waals surface area contributed by atoms with Crippen LogP contribution in [0.1, 0.15) is 43.6 Å². The van der Waals surface area contributed by atoms with Crippen molar-refractivity contribution in [1.82, 2.24) is 10.1 Å². The molecule has 166 valence electrons. The highest BCUT2D eigenvalue weighted by atomic mass is 35.5. The summed E-state index contributed by atoms with van der Waals surface area (Å²) < 4.78 is 32.1. The zero-order chi connectivity index (χ0) is 23.0. The van der Waals surface area contributed by atoms with Gasteiger partial charge in [0, 0.05) is 5.56 Å². The summed E-state index contributed by atoms with van der Waals surface area (Å²) in [5, 5.41) is 1.62. The van der Waals surface area contributed by atoms with E-state index in [9.17, 15) is 18.0 Å². The molecular weight excluding hydrogens is 442 g/mol. The first-order valence-electron chi connectivity index (χ1n) is 9.61. The molecule has 0 fully saturated rings. The summed E-state index contributed by atoms with van der Waals surface area (Å²) in [5.74, 6) is -0.506. The number of rotatable bonds is 4. The van der Waals surface area contributed by atoms with Crippen molar-refractivity contribution in [2.45, 2.75) is 50.7 Å². The number of benzene rings is 2. The van der Waals surface area contributed by atoms with Crippen molar-refractivity contribution >= 4 is 39.3 Å². The molecule has 1 atom stereocenters. The molecule has 8 nitrogen and oxygen atoms in total. The van der Waals surface area contributed by atoms with Gasteiger partial charge in [-0.1, -0.05) is 29.8 Å². The van der Waals surface area contributed by atoms with Crippen LogP contribution in [0.4, 0.5) is 10.5 Å². The fourth-order valence-electron chi connectivity index (χ4n) is 3.22. The second-order valence-electron chi connectivity index (χ2n) is 8.25. The van der Waals surface area contributed by atoms with Gasteiger partial charge in [-0.15, -0.1) is 0 Å². The molecule has 0 bridgehead atoms. The fraction of sp³-hybridized carbons (Fsp3) is 0.333. The quantitative estimate of drug-likeness (QED) is 0.714. The number of amides is 2. The zero-order valence-corrected chi connectivity index (χ0v) is 19.2. The number of carbonyl (C=O) groups is 2. The average Bonchev–Trinajstić information content (AvgIpc) is 2.95. The highest BCUT2D eigenvalue weighted by molar-refractivity contribution is 7.90. The standard InChI is InChI=1S/C21H24ClN3O5S/c1-13-11-14-7-5-6-8-17(14)25(13)23-19(26)15-9-10-16(22)18(12-15)31(28,29)24-20(27)30-21(2,3)4/h5-10,12-13H,11H2,1-4H3,(H,23,26)(H,24,27). The smallest absolute Gasteiger partial charge is 0.421 e. The third-order valence-electron chi connectivity index (χ3n) is 4.53. The number of nitrogens with zero attached hydrogens (tertiary/aromatic N) is 1. The van der Waals surface area contributed by atoms with Crippen molar-refractivity contribution in [1.29, 1.82) is 0 Å². The molecule has 2 amide bonds. The first-order chi connectivity index (χ1) is 14.4. The van der Waals surface area contributed by atoms with Gasteiger partial charge in [-0.3, -0.25) is 15.2 Å². The van der Waals surface area contributed by atoms with Gasteiger partial charge in [-0.2, -0.15) is 0 Å². The van der Waals surface area contributed by atoms with E-state index in [4.69, 9.17) is 16.3 Å². The summed E-state index contributed by atoms with van der Waals surface area (Å²) in [6.45, 7) is 6.79. The molecule has 2 aromatic carbocycles. The summed E-state index contributed by atoms with van der Waals surface area (Å²) in [4.78, 5) is 24.4. The Balaban J connectivity index is 1.82. The normalized spacial score (nSPS) is 15.9. The van der Waals surface area contributed by atoms with Crippen molar-refractivity contribution in [3.63, 3.8) is 0 Å². The average molecular weight is 466 g/mol. The van der Waals surface area contributed by atoms with Crippen LogP contribution in [0.25, 0.3) is 0 Å². The maximum atomic E-state index is 12.9. The van der Waals surface area contributed by atoms with Crippen molar-refractivity contribution in [3.05, 3.63) is 58.6 Å². The van der Waals surface area contributed by atoms with Crippen molar-refractivity contribution < 1.29 is 22.7 Å². The largest absolute Gasteiger partial charge is 0.443 e. The number of hydrazine groups is 1. The van der Waals surface area contributed by atoms with Crippen LogP contribution in [0, 0.1) is 0 Å². The molecule has 2 aromatic rings. The van der Waals surface area contributed by atoms with E-state index in [1.54, 1.807) is 25.8 Å². The van der Waals surface area contributed by atoms with Gasteiger partial charge in [0.25, 0.3) is 15.9 Å². The Hall–Kier alpha value is -2.78. The summed E-state index contributed by atoms with van der Waals surface area (Å²) in [6.07, 6.45) is -0.364. The molecule has 0 aliphatic carbocycles. The molecule has 3 rings (SSSR count). The van der Waals surface area contributed by atoms with Crippen molar-refractivity contribution in [3.8, 4) is 0 Å². The molecule has 0 aromatic heterocycles. The highest BCUT2D eigenvalue weighted by Crippen LogP contribution is 2.30. The SMILES string of the molecule is CC1Cc2ccccc2N1NC(=O)c1ccc(Cl)c(S(=O)(=O)NC(=O)OC(C)(C)C)c1. The van der Waals surface area contributed by atoms with E-state index in [0.717, 1.165) is 23.7 Å². The molecule has 0 saturated carbocycles. The molecule has 0 saturated heterocycles. The molecule has 1 aliphatic heterocycles. The Morgan fingerprint density at radius 2 is 1.84 bits per heavy atom. The van der Waals surface area contributed by atoms with Crippen LogP contribution in [0.2, 0.25) is 5.02 Å². The lowest BCUT2D eigenvalue weighted by Gasteiger charge is -2.25. The molecule has 1 heterocycles. The van der Waals surface area contributed by atoms with Crippen LogP contribution >= 0.6 is 11.6 Å². The minimum absolute atomic E-state index is 0.0330. The second-order valence-corrected chi connectivity index (χ2v) is 10.3. The second kappa shape index (κ2) is 8.39. The molecule has 10 heteroatoms. The van der Waals surface area contributed by atoms with E-state index in [0.29, 0.717) is 0 Å². The van der Waals surface area contributed by atoms with Gasteiger partial charge in [0.15, 0.2) is 0 Å². The van der Waals surface area contributed by atoms with E-state index in [1.807, 2.05) is 35.9 Å². The van der Waals surface area contributed by atoms with E-state index >= 15 is 0 Å². The minimum Gasteiger partial charge on any atom is -0.443 e. The predicted octanol–water partition coefficient (Wildman–Crippen LogP) is 3.65. The van der Waals surface area contributed by atoms with Crippen LogP contribution in [-0.2, 0) is 21.2 Å². The first-order valence-corrected chi connectivity index (χ1v) is 11.5. The van der Waals surface area contributed by atoms with Crippen molar-refractivity contribution in [2.24, 2.45) is 0 Å². The summed E-state index contributed by atoms with van der Waals surface area (Å²) in [6, 6.07) is 11.6. The summed E-state index contributed by atoms with van der Waals surface area (Å²) in [5.41, 5.74) is 4.00. The third kappa shape index (κ3) is 5.29. The number of hydrogen-bond donors (Lipinski definition) is 2. The lowest BCUT2D eigenvalue weighted by Crippen LogP contribution is -2.45. The van der Waals surface area contributed by atoms with E-state index < -0.39 is 32.5 Å². The number of sulfonamides is 1. The highest BCUT2D eigenvalue weighted by Gasteiger charge is 2.29. The number of fused-ring (bicyclic) bond motifs is 1. The zero-order valence-electron chi connectivity index (χ0n) is 17.6. The number of nitrogens with one attached hydrogen (secondary N) is 2. The number of carbonyl (C=O) groups excluding carboxylic acids is 2. The Morgan fingerprint density at radius 3 is 2.52 bits per heavy atom. The Labute approximate surface area is 186 Å². The van der Waals surface area contributed by atoms with E-state index in [1.165, 1.54) is 12.1 Å². The van der Waals surface area contributed by atoms with Gasteiger partial charge < -0.3 is 4.74 Å². The lowest BCUT2D eigenvalue weighted by atomic mass is 10.1. The maximum Gasteiger partial charge on any atom is 0.421 e. The van der Waals surface area contributed by atoms with Crippen molar-refractivity contribution in [2.75, 3.05) is 5.01 Å². The first kappa shape index (κ1) is 22.9. The van der Waals surface area contributed by atoms with Crippen LogP contribution in [0.5, 0.6) is 0 Å². The van der Waals surface area contributed by atoms with Gasteiger partial charge in [0.05, 0.1) is 16.8 Å². The molecule has 2 N–H and O–H groups in total. The van der Waals surface area contributed by atoms with E-state index in [2.05, 4.69) is 5.43 Å². The molecule has 31 heavy (non-hydrogen) atoms. The van der Waals surface area contributed by atoms with Crippen LogP contribution in [-0.4, -0.2) is 32.1 Å². The minimum atomic E-state index is -4.36. The van der Waals surface area contributed by atoms with Gasteiger partial charge in [0.2, 0.25) is 0 Å². The predicted molar refractivity (Wildman–Crippen MR) is 118 cm³/mol.